The highest BCUT2D eigenvalue weighted by atomic mass is 32.2. The molecule has 0 unspecified atom stereocenters. The maximum atomic E-state index is 12.9. The molecule has 0 spiro atoms. The van der Waals surface area contributed by atoms with E-state index in [1.54, 1.807) is 6.08 Å². The Bertz CT molecular complexity index is 1400. The molecule has 2 aromatic heterocycles. The minimum Gasteiger partial charge on any atom is -0.493 e. The molecule has 37 heavy (non-hydrogen) atoms. The van der Waals surface area contributed by atoms with Crippen molar-refractivity contribution in [3.05, 3.63) is 78.2 Å². The lowest BCUT2D eigenvalue weighted by molar-refractivity contribution is -0.113. The highest BCUT2D eigenvalue weighted by Crippen LogP contribution is 2.36. The van der Waals surface area contributed by atoms with E-state index in [9.17, 15) is 9.59 Å². The number of benzene rings is 2. The molecule has 0 aliphatic rings. The van der Waals surface area contributed by atoms with Crippen LogP contribution in [-0.4, -0.2) is 46.1 Å². The summed E-state index contributed by atoms with van der Waals surface area (Å²) in [5.74, 6) is 0.624. The molecule has 0 aliphatic carbocycles. The first-order valence-corrected chi connectivity index (χ1v) is 13.4. The zero-order valence-electron chi connectivity index (χ0n) is 20.5. The van der Waals surface area contributed by atoms with Crippen molar-refractivity contribution in [1.29, 1.82) is 0 Å². The predicted molar refractivity (Wildman–Crippen MR) is 147 cm³/mol. The SMILES string of the molecule is C=CCn1c(SCC(=O)Nc2scc(-c3ccccc3)c2C(=O)OC)nnc1-c1ccccc1OCC. The molecule has 0 fully saturated rings. The second kappa shape index (κ2) is 12.4. The molecular formula is C27H26N4O4S2. The van der Waals surface area contributed by atoms with Gasteiger partial charge in [0.1, 0.15) is 16.3 Å². The number of esters is 1. The van der Waals surface area contributed by atoms with E-state index in [4.69, 9.17) is 9.47 Å². The number of thiophene rings is 1. The zero-order chi connectivity index (χ0) is 26.2. The van der Waals surface area contributed by atoms with E-state index in [1.807, 2.05) is 71.5 Å². The normalized spacial score (nSPS) is 10.6. The van der Waals surface area contributed by atoms with Crippen LogP contribution in [0, 0.1) is 0 Å². The molecule has 2 heterocycles. The molecule has 0 saturated carbocycles. The number of nitrogens with zero attached hydrogens (tertiary/aromatic N) is 3. The van der Waals surface area contributed by atoms with Crippen molar-refractivity contribution < 1.29 is 19.1 Å². The van der Waals surface area contributed by atoms with Crippen LogP contribution in [0.15, 0.2) is 77.8 Å². The summed E-state index contributed by atoms with van der Waals surface area (Å²) in [5.41, 5.74) is 2.72. The van der Waals surface area contributed by atoms with Gasteiger partial charge in [-0.15, -0.1) is 28.1 Å². The van der Waals surface area contributed by atoms with E-state index in [-0.39, 0.29) is 11.7 Å². The van der Waals surface area contributed by atoms with Gasteiger partial charge in [-0.1, -0.05) is 60.3 Å². The van der Waals surface area contributed by atoms with Gasteiger partial charge in [0, 0.05) is 17.5 Å². The first kappa shape index (κ1) is 26.2. The topological polar surface area (TPSA) is 95.3 Å². The van der Waals surface area contributed by atoms with Crippen molar-refractivity contribution in [2.75, 3.05) is 24.8 Å². The van der Waals surface area contributed by atoms with Crippen LogP contribution in [0.5, 0.6) is 5.75 Å². The number of thioether (sulfide) groups is 1. The summed E-state index contributed by atoms with van der Waals surface area (Å²) in [7, 11) is 1.32. The number of aromatic nitrogens is 3. The maximum Gasteiger partial charge on any atom is 0.341 e. The number of rotatable bonds is 11. The summed E-state index contributed by atoms with van der Waals surface area (Å²) in [6.07, 6.45) is 1.75. The van der Waals surface area contributed by atoms with Crippen molar-refractivity contribution >= 4 is 40.0 Å². The highest BCUT2D eigenvalue weighted by Gasteiger charge is 2.23. The summed E-state index contributed by atoms with van der Waals surface area (Å²) in [6.45, 7) is 6.76. The number of ether oxygens (including phenoxy) is 2. The van der Waals surface area contributed by atoms with Gasteiger partial charge in [-0.2, -0.15) is 0 Å². The first-order valence-electron chi connectivity index (χ1n) is 11.5. The molecule has 8 nitrogen and oxygen atoms in total. The average Bonchev–Trinajstić information content (AvgIpc) is 3.52. The summed E-state index contributed by atoms with van der Waals surface area (Å²) < 4.78 is 12.6. The number of anilines is 1. The van der Waals surface area contributed by atoms with Gasteiger partial charge in [0.05, 0.1) is 25.0 Å². The number of methoxy groups -OCH3 is 1. The largest absolute Gasteiger partial charge is 0.493 e. The van der Waals surface area contributed by atoms with Crippen LogP contribution in [0.25, 0.3) is 22.5 Å². The van der Waals surface area contributed by atoms with Gasteiger partial charge in [0.2, 0.25) is 5.91 Å². The number of hydrogen-bond donors (Lipinski definition) is 1. The molecule has 0 bridgehead atoms. The fraction of sp³-hybridized carbons (Fsp3) is 0.185. The van der Waals surface area contributed by atoms with E-state index in [0.29, 0.717) is 46.0 Å². The average molecular weight is 535 g/mol. The molecule has 0 aliphatic heterocycles. The lowest BCUT2D eigenvalue weighted by Gasteiger charge is -2.11. The molecule has 190 valence electrons. The molecule has 0 atom stereocenters. The summed E-state index contributed by atoms with van der Waals surface area (Å²) in [5, 5.41) is 14.4. The second-order valence-corrected chi connectivity index (χ2v) is 9.50. The Morgan fingerprint density at radius 1 is 1.11 bits per heavy atom. The Balaban J connectivity index is 1.53. The quantitative estimate of drug-likeness (QED) is 0.148. The van der Waals surface area contributed by atoms with Crippen molar-refractivity contribution in [1.82, 2.24) is 14.8 Å². The molecule has 4 aromatic rings. The molecule has 4 rings (SSSR count). The van der Waals surface area contributed by atoms with Crippen molar-refractivity contribution in [2.24, 2.45) is 0 Å². The van der Waals surface area contributed by atoms with E-state index in [2.05, 4.69) is 22.1 Å². The van der Waals surface area contributed by atoms with Gasteiger partial charge < -0.3 is 14.8 Å². The Morgan fingerprint density at radius 3 is 2.59 bits per heavy atom. The third kappa shape index (κ3) is 5.92. The van der Waals surface area contributed by atoms with Crippen LogP contribution >= 0.6 is 23.1 Å². The molecule has 0 saturated heterocycles. The number of allylic oxidation sites excluding steroid dienone is 1. The van der Waals surface area contributed by atoms with Crippen molar-refractivity contribution in [3.8, 4) is 28.3 Å². The van der Waals surface area contributed by atoms with Crippen molar-refractivity contribution in [2.45, 2.75) is 18.6 Å². The smallest absolute Gasteiger partial charge is 0.341 e. The second-order valence-electron chi connectivity index (χ2n) is 7.68. The van der Waals surface area contributed by atoms with Gasteiger partial charge in [-0.05, 0) is 24.6 Å². The third-order valence-corrected chi connectivity index (χ3v) is 7.17. The number of nitrogens with one attached hydrogen (secondary N) is 1. The Hall–Kier alpha value is -3.89. The van der Waals surface area contributed by atoms with Crippen LogP contribution in [-0.2, 0) is 16.1 Å². The van der Waals surface area contributed by atoms with Crippen LogP contribution in [0.4, 0.5) is 5.00 Å². The Morgan fingerprint density at radius 2 is 1.86 bits per heavy atom. The van der Waals surface area contributed by atoms with Gasteiger partial charge in [0.15, 0.2) is 11.0 Å². The van der Waals surface area contributed by atoms with E-state index in [0.717, 1.165) is 11.1 Å². The van der Waals surface area contributed by atoms with Crippen LogP contribution in [0.2, 0.25) is 0 Å². The van der Waals surface area contributed by atoms with Crippen LogP contribution < -0.4 is 10.1 Å². The fourth-order valence-electron chi connectivity index (χ4n) is 3.70. The number of para-hydroxylation sites is 1. The van der Waals surface area contributed by atoms with Gasteiger partial charge in [-0.25, -0.2) is 4.79 Å². The summed E-state index contributed by atoms with van der Waals surface area (Å²) in [6, 6.07) is 17.1. The standard InChI is InChI=1S/C27H26N4O4S2/c1-4-15-31-24(19-13-9-10-14-21(19)35-5-2)29-30-27(31)37-17-22(32)28-25-23(26(33)34-3)20(16-36-25)18-11-7-6-8-12-18/h4,6-14,16H,1,5,15,17H2,2-3H3,(H,28,32). The molecule has 2 aromatic carbocycles. The monoisotopic (exact) mass is 534 g/mol. The first-order chi connectivity index (χ1) is 18.1. The number of amides is 1. The number of carbonyl (C=O) groups is 2. The van der Waals surface area contributed by atoms with Crippen molar-refractivity contribution in [3.63, 3.8) is 0 Å². The maximum absolute atomic E-state index is 12.9. The van der Waals surface area contributed by atoms with Crippen LogP contribution in [0.3, 0.4) is 0 Å². The van der Waals surface area contributed by atoms with E-state index >= 15 is 0 Å². The summed E-state index contributed by atoms with van der Waals surface area (Å²) >= 11 is 2.53. The van der Waals surface area contributed by atoms with E-state index in [1.165, 1.54) is 30.2 Å². The molecular weight excluding hydrogens is 508 g/mol. The molecule has 1 N–H and O–H groups in total. The lowest BCUT2D eigenvalue weighted by Crippen LogP contribution is -2.16. The Labute approximate surface area is 223 Å². The fourth-order valence-corrected chi connectivity index (χ4v) is 5.42. The highest BCUT2D eigenvalue weighted by molar-refractivity contribution is 7.99. The molecule has 0 radical (unpaired) electrons. The predicted octanol–water partition coefficient (Wildman–Crippen LogP) is 5.78. The minimum atomic E-state index is -0.508. The van der Waals surface area contributed by atoms with Crippen LogP contribution in [0.1, 0.15) is 17.3 Å². The van der Waals surface area contributed by atoms with Gasteiger partial charge in [-0.3, -0.25) is 9.36 Å². The molecule has 1 amide bonds. The lowest BCUT2D eigenvalue weighted by atomic mass is 10.0. The number of carbonyl (C=O) groups excluding carboxylic acids is 2. The van der Waals surface area contributed by atoms with Gasteiger partial charge >= 0.3 is 5.97 Å². The van der Waals surface area contributed by atoms with E-state index < -0.39 is 5.97 Å². The Kier molecular flexibility index (Phi) is 8.76. The third-order valence-electron chi connectivity index (χ3n) is 5.31. The zero-order valence-corrected chi connectivity index (χ0v) is 22.1. The molecule has 10 heteroatoms. The summed E-state index contributed by atoms with van der Waals surface area (Å²) in [4.78, 5) is 25.5. The number of hydrogen-bond acceptors (Lipinski definition) is 8. The van der Waals surface area contributed by atoms with Gasteiger partial charge in [0.25, 0.3) is 0 Å². The minimum absolute atomic E-state index is 0.0710.